The van der Waals surface area contributed by atoms with Gasteiger partial charge in [-0.05, 0) is 32.0 Å². The van der Waals surface area contributed by atoms with Crippen molar-refractivity contribution in [3.63, 3.8) is 0 Å². The first-order valence-electron chi connectivity index (χ1n) is 11.1. The molecule has 0 bridgehead atoms. The van der Waals surface area contributed by atoms with Crippen LogP contribution in [-0.2, 0) is 20.9 Å². The molecule has 0 spiro atoms. The Kier molecular flexibility index (Phi) is 8.48. The number of carbonyl (C=O) groups is 3. The van der Waals surface area contributed by atoms with Crippen molar-refractivity contribution in [2.45, 2.75) is 25.9 Å². The molecule has 186 valence electrons. The Balaban J connectivity index is 1.86. The molecule has 3 aromatic rings. The molecule has 1 aromatic heterocycles. The molecule has 1 unspecified atom stereocenters. The molecule has 1 atom stereocenters. The minimum absolute atomic E-state index is 0.141. The van der Waals surface area contributed by atoms with Crippen LogP contribution in [0.2, 0.25) is 0 Å². The van der Waals surface area contributed by atoms with Gasteiger partial charge in [-0.15, -0.1) is 0 Å². The lowest BCUT2D eigenvalue weighted by Gasteiger charge is -2.37. The van der Waals surface area contributed by atoms with Gasteiger partial charge < -0.3 is 28.8 Å². The molecule has 0 radical (unpaired) electrons. The molecule has 0 aliphatic heterocycles. The molecule has 35 heavy (non-hydrogen) atoms. The van der Waals surface area contributed by atoms with Crippen LogP contribution in [0.15, 0.2) is 46.9 Å². The summed E-state index contributed by atoms with van der Waals surface area (Å²) in [6.45, 7) is 3.87. The quantitative estimate of drug-likeness (QED) is 0.373. The van der Waals surface area contributed by atoms with Crippen LogP contribution < -0.4 is 14.8 Å². The number of methoxy groups -OCH3 is 2. The van der Waals surface area contributed by atoms with Crippen LogP contribution in [-0.4, -0.2) is 63.0 Å². The predicted molar refractivity (Wildman–Crippen MR) is 130 cm³/mol. The lowest BCUT2D eigenvalue weighted by atomic mass is 9.99. The zero-order valence-corrected chi connectivity index (χ0v) is 20.3. The average molecular weight is 483 g/mol. The number of hydrogen-bond donors (Lipinski definition) is 1. The number of ether oxygens (including phenoxy) is 3. The molecular formula is C26H30N2O7. The van der Waals surface area contributed by atoms with E-state index >= 15 is 0 Å². The van der Waals surface area contributed by atoms with Gasteiger partial charge in [-0.2, -0.15) is 0 Å². The standard InChI is InChI=1S/C26H30N2O7/c1-18-24(21-10-9-19(15-29)13-23(21)35-18)34-16-26(2,28(17-30)11-12-32-3)25(31)27-14-20-7-5-6-8-22(20)33-4/h5-10,13,15,17H,11-12,14,16H2,1-4H3,(H,27,31). The number of rotatable bonds is 13. The maximum absolute atomic E-state index is 13.5. The van der Waals surface area contributed by atoms with Gasteiger partial charge in [0.15, 0.2) is 11.3 Å². The van der Waals surface area contributed by atoms with E-state index in [9.17, 15) is 14.4 Å². The average Bonchev–Trinajstić information content (AvgIpc) is 3.20. The number of aryl methyl sites for hydroxylation is 1. The lowest BCUT2D eigenvalue weighted by Crippen LogP contribution is -2.60. The third-order valence-corrected chi connectivity index (χ3v) is 5.89. The van der Waals surface area contributed by atoms with Gasteiger partial charge in [0.05, 0.1) is 19.1 Å². The summed E-state index contributed by atoms with van der Waals surface area (Å²) in [4.78, 5) is 37.9. The Hall–Kier alpha value is -3.85. The number of nitrogens with one attached hydrogen (secondary N) is 1. The molecule has 0 saturated heterocycles. The van der Waals surface area contributed by atoms with Crippen LogP contribution in [0.25, 0.3) is 11.0 Å². The molecule has 3 rings (SSSR count). The monoisotopic (exact) mass is 482 g/mol. The van der Waals surface area contributed by atoms with E-state index in [2.05, 4.69) is 5.32 Å². The number of carbonyl (C=O) groups excluding carboxylic acids is 3. The first-order valence-corrected chi connectivity index (χ1v) is 11.1. The second-order valence-corrected chi connectivity index (χ2v) is 8.21. The summed E-state index contributed by atoms with van der Waals surface area (Å²) >= 11 is 0. The van der Waals surface area contributed by atoms with Crippen molar-refractivity contribution in [1.29, 1.82) is 0 Å². The third kappa shape index (κ3) is 5.63. The summed E-state index contributed by atoms with van der Waals surface area (Å²) in [5.74, 6) is 1.18. The van der Waals surface area contributed by atoms with Gasteiger partial charge in [-0.3, -0.25) is 14.4 Å². The normalized spacial score (nSPS) is 12.6. The Labute approximate surface area is 203 Å². The van der Waals surface area contributed by atoms with Crippen molar-refractivity contribution in [2.75, 3.05) is 34.0 Å². The van der Waals surface area contributed by atoms with E-state index in [-0.39, 0.29) is 26.3 Å². The van der Waals surface area contributed by atoms with Crippen LogP contribution in [0.3, 0.4) is 0 Å². The number of furan rings is 1. The fraction of sp³-hybridized carbons (Fsp3) is 0.346. The summed E-state index contributed by atoms with van der Waals surface area (Å²) in [5.41, 5.74) is 0.408. The molecule has 0 aliphatic rings. The highest BCUT2D eigenvalue weighted by molar-refractivity contribution is 5.91. The molecule has 0 fully saturated rings. The summed E-state index contributed by atoms with van der Waals surface area (Å²) in [5, 5.41) is 3.57. The van der Waals surface area contributed by atoms with Gasteiger partial charge in [0.25, 0.3) is 0 Å². The second kappa shape index (κ2) is 11.5. The summed E-state index contributed by atoms with van der Waals surface area (Å²) in [6.07, 6.45) is 1.35. The Morgan fingerprint density at radius 1 is 1.17 bits per heavy atom. The van der Waals surface area contributed by atoms with Gasteiger partial charge in [-0.1, -0.05) is 24.3 Å². The van der Waals surface area contributed by atoms with E-state index in [1.165, 1.54) is 12.0 Å². The highest BCUT2D eigenvalue weighted by Crippen LogP contribution is 2.34. The SMILES string of the molecule is COCCN(C=O)C(C)(COc1c(C)oc2cc(C=O)ccc12)C(=O)NCc1ccccc1OC. The number of fused-ring (bicyclic) bond motifs is 1. The van der Waals surface area contributed by atoms with E-state index in [1.807, 2.05) is 24.3 Å². The Morgan fingerprint density at radius 2 is 1.94 bits per heavy atom. The molecular weight excluding hydrogens is 452 g/mol. The van der Waals surface area contributed by atoms with Crippen LogP contribution in [0.1, 0.15) is 28.6 Å². The van der Waals surface area contributed by atoms with Crippen molar-refractivity contribution in [2.24, 2.45) is 0 Å². The summed E-state index contributed by atoms with van der Waals surface area (Å²) in [7, 11) is 3.08. The van der Waals surface area contributed by atoms with Gasteiger partial charge >= 0.3 is 0 Å². The maximum Gasteiger partial charge on any atom is 0.249 e. The first kappa shape index (κ1) is 25.8. The lowest BCUT2D eigenvalue weighted by molar-refractivity contribution is -0.142. The second-order valence-electron chi connectivity index (χ2n) is 8.21. The number of nitrogens with zero attached hydrogens (tertiary/aromatic N) is 1. The van der Waals surface area contributed by atoms with Gasteiger partial charge in [-0.25, -0.2) is 0 Å². The van der Waals surface area contributed by atoms with Crippen LogP contribution in [0.5, 0.6) is 11.5 Å². The summed E-state index contributed by atoms with van der Waals surface area (Å²) in [6, 6.07) is 12.4. The van der Waals surface area contributed by atoms with Crippen molar-refractivity contribution in [3.05, 3.63) is 59.4 Å². The minimum Gasteiger partial charge on any atom is -0.496 e. The van der Waals surface area contributed by atoms with Crippen LogP contribution >= 0.6 is 0 Å². The molecule has 2 aromatic carbocycles. The van der Waals surface area contributed by atoms with Crippen molar-refractivity contribution in [3.8, 4) is 11.5 Å². The summed E-state index contributed by atoms with van der Waals surface area (Å²) < 4.78 is 22.3. The van der Waals surface area contributed by atoms with Crippen molar-refractivity contribution < 1.29 is 33.0 Å². The zero-order valence-electron chi connectivity index (χ0n) is 20.3. The zero-order chi connectivity index (χ0) is 25.4. The Morgan fingerprint density at radius 3 is 2.63 bits per heavy atom. The number of hydrogen-bond acceptors (Lipinski definition) is 7. The van der Waals surface area contributed by atoms with E-state index in [4.69, 9.17) is 18.6 Å². The maximum atomic E-state index is 13.5. The van der Waals surface area contributed by atoms with Gasteiger partial charge in [0.1, 0.15) is 30.0 Å². The number of aldehydes is 1. The molecule has 0 aliphatic carbocycles. The first-order chi connectivity index (χ1) is 16.9. The Bertz CT molecular complexity index is 1190. The molecule has 2 amide bonds. The smallest absolute Gasteiger partial charge is 0.249 e. The van der Waals surface area contributed by atoms with E-state index in [1.54, 1.807) is 39.2 Å². The fourth-order valence-electron chi connectivity index (χ4n) is 3.78. The number of amides is 2. The highest BCUT2D eigenvalue weighted by Gasteiger charge is 2.40. The van der Waals surface area contributed by atoms with E-state index in [0.717, 1.165) is 11.8 Å². The molecule has 9 nitrogen and oxygen atoms in total. The molecule has 1 N–H and O–H groups in total. The third-order valence-electron chi connectivity index (χ3n) is 5.89. The molecule has 9 heteroatoms. The largest absolute Gasteiger partial charge is 0.496 e. The van der Waals surface area contributed by atoms with E-state index < -0.39 is 11.4 Å². The van der Waals surface area contributed by atoms with Gasteiger partial charge in [0, 0.05) is 31.3 Å². The number of benzene rings is 2. The van der Waals surface area contributed by atoms with Crippen LogP contribution in [0.4, 0.5) is 0 Å². The van der Waals surface area contributed by atoms with Crippen LogP contribution in [0, 0.1) is 6.92 Å². The minimum atomic E-state index is -1.36. The van der Waals surface area contributed by atoms with Crippen molar-refractivity contribution >= 4 is 29.6 Å². The van der Waals surface area contributed by atoms with Gasteiger partial charge in [0.2, 0.25) is 12.3 Å². The number of para-hydroxylation sites is 1. The predicted octanol–water partition coefficient (Wildman–Crippen LogP) is 3.12. The van der Waals surface area contributed by atoms with E-state index in [0.29, 0.717) is 40.2 Å². The fourth-order valence-corrected chi connectivity index (χ4v) is 3.78. The van der Waals surface area contributed by atoms with Crippen molar-refractivity contribution in [1.82, 2.24) is 10.2 Å². The highest BCUT2D eigenvalue weighted by atomic mass is 16.5. The topological polar surface area (TPSA) is 107 Å². The molecule has 0 saturated carbocycles. The molecule has 1 heterocycles.